The highest BCUT2D eigenvalue weighted by molar-refractivity contribution is 5.76. The van der Waals surface area contributed by atoms with Crippen molar-refractivity contribution in [3.63, 3.8) is 0 Å². The molecule has 2 saturated heterocycles. The Kier molecular flexibility index (Phi) is 4.97. The molecule has 2 aliphatic heterocycles. The van der Waals surface area contributed by atoms with Gasteiger partial charge in [-0.1, -0.05) is 35.0 Å². The van der Waals surface area contributed by atoms with Gasteiger partial charge in [0.1, 0.15) is 0 Å². The SMILES string of the molecule is Cc1ccc(-c2noc(CN3CCN(C)[C@@]4(CCNC(=O)CC4)C3)n2)cc1. The summed E-state index contributed by atoms with van der Waals surface area (Å²) in [4.78, 5) is 21.2. The zero-order valence-corrected chi connectivity index (χ0v) is 16.1. The van der Waals surface area contributed by atoms with E-state index in [1.165, 1.54) is 5.56 Å². The maximum atomic E-state index is 11.8. The van der Waals surface area contributed by atoms with Crippen LogP contribution in [0.5, 0.6) is 0 Å². The number of aryl methyl sites for hydroxylation is 1. The summed E-state index contributed by atoms with van der Waals surface area (Å²) in [5.74, 6) is 1.45. The number of rotatable bonds is 3. The number of piperazine rings is 1. The Morgan fingerprint density at radius 1 is 1.22 bits per heavy atom. The molecule has 2 aliphatic rings. The summed E-state index contributed by atoms with van der Waals surface area (Å²) < 4.78 is 5.51. The molecule has 7 nitrogen and oxygen atoms in total. The van der Waals surface area contributed by atoms with E-state index in [0.29, 0.717) is 24.7 Å². The van der Waals surface area contributed by atoms with E-state index in [9.17, 15) is 4.79 Å². The van der Waals surface area contributed by atoms with Gasteiger partial charge in [-0.25, -0.2) is 0 Å². The van der Waals surface area contributed by atoms with Crippen LogP contribution >= 0.6 is 0 Å². The average molecular weight is 369 g/mol. The summed E-state index contributed by atoms with van der Waals surface area (Å²) in [6.45, 7) is 6.31. The second-order valence-electron chi connectivity index (χ2n) is 7.83. The Balaban J connectivity index is 1.45. The van der Waals surface area contributed by atoms with Crippen LogP contribution in [0.25, 0.3) is 11.4 Å². The van der Waals surface area contributed by atoms with E-state index < -0.39 is 0 Å². The van der Waals surface area contributed by atoms with Gasteiger partial charge in [-0.05, 0) is 26.8 Å². The van der Waals surface area contributed by atoms with E-state index in [0.717, 1.165) is 44.6 Å². The van der Waals surface area contributed by atoms with E-state index in [4.69, 9.17) is 4.52 Å². The molecule has 0 unspecified atom stereocenters. The maximum absolute atomic E-state index is 11.8. The van der Waals surface area contributed by atoms with Crippen LogP contribution in [0.15, 0.2) is 28.8 Å². The number of hydrogen-bond acceptors (Lipinski definition) is 6. The van der Waals surface area contributed by atoms with E-state index in [1.807, 2.05) is 12.1 Å². The smallest absolute Gasteiger partial charge is 0.241 e. The molecule has 144 valence electrons. The molecule has 0 aliphatic carbocycles. The molecule has 1 amide bonds. The van der Waals surface area contributed by atoms with Crippen LogP contribution in [0, 0.1) is 6.92 Å². The number of likely N-dealkylation sites (N-methyl/N-ethyl adjacent to an activating group) is 1. The lowest BCUT2D eigenvalue weighted by molar-refractivity contribution is -0.121. The molecule has 0 bridgehead atoms. The first-order chi connectivity index (χ1) is 13.0. The van der Waals surface area contributed by atoms with Gasteiger partial charge < -0.3 is 9.84 Å². The van der Waals surface area contributed by atoms with Crippen molar-refractivity contribution in [1.29, 1.82) is 0 Å². The standard InChI is InChI=1S/C20H27N5O2/c1-15-3-5-16(6-4-15)19-22-18(27-23-19)13-25-12-11-24(2)20(14-25)8-7-17(26)21-10-9-20/h3-6H,7-14H2,1-2H3,(H,21,26)/t20-/m0/s1. The minimum absolute atomic E-state index is 0.0389. The third-order valence-electron chi connectivity index (χ3n) is 5.95. The monoisotopic (exact) mass is 369 g/mol. The molecular weight excluding hydrogens is 342 g/mol. The Bertz CT molecular complexity index is 803. The molecule has 2 aromatic rings. The maximum Gasteiger partial charge on any atom is 0.241 e. The Morgan fingerprint density at radius 3 is 2.85 bits per heavy atom. The molecule has 0 radical (unpaired) electrons. The summed E-state index contributed by atoms with van der Waals surface area (Å²) in [5, 5.41) is 7.15. The van der Waals surface area contributed by atoms with Crippen molar-refractivity contribution < 1.29 is 9.32 Å². The molecule has 1 spiro atoms. The predicted octanol–water partition coefficient (Wildman–Crippen LogP) is 1.83. The number of carbonyl (C=O) groups is 1. The van der Waals surface area contributed by atoms with Crippen molar-refractivity contribution in [2.45, 2.75) is 38.3 Å². The van der Waals surface area contributed by atoms with Crippen LogP contribution < -0.4 is 5.32 Å². The van der Waals surface area contributed by atoms with Crippen LogP contribution in [0.1, 0.15) is 30.7 Å². The van der Waals surface area contributed by atoms with E-state index in [-0.39, 0.29) is 11.4 Å². The third-order valence-corrected chi connectivity index (χ3v) is 5.95. The molecule has 1 aromatic carbocycles. The van der Waals surface area contributed by atoms with E-state index in [2.05, 4.69) is 51.4 Å². The molecule has 27 heavy (non-hydrogen) atoms. The summed E-state index contributed by atoms with van der Waals surface area (Å²) in [6, 6.07) is 8.14. The van der Waals surface area contributed by atoms with Gasteiger partial charge in [0, 0.05) is 43.7 Å². The molecule has 1 N–H and O–H groups in total. The third kappa shape index (κ3) is 3.89. The van der Waals surface area contributed by atoms with Gasteiger partial charge in [0.15, 0.2) is 0 Å². The minimum atomic E-state index is 0.0389. The summed E-state index contributed by atoms with van der Waals surface area (Å²) in [7, 11) is 2.18. The van der Waals surface area contributed by atoms with Crippen LogP contribution in [0.2, 0.25) is 0 Å². The second kappa shape index (κ2) is 7.40. The van der Waals surface area contributed by atoms with Crippen molar-refractivity contribution >= 4 is 5.91 Å². The van der Waals surface area contributed by atoms with E-state index in [1.54, 1.807) is 0 Å². The van der Waals surface area contributed by atoms with Gasteiger partial charge in [-0.15, -0.1) is 0 Å². The molecule has 0 saturated carbocycles. The van der Waals surface area contributed by atoms with Crippen LogP contribution in [-0.4, -0.2) is 64.6 Å². The fraction of sp³-hybridized carbons (Fsp3) is 0.550. The summed E-state index contributed by atoms with van der Waals surface area (Å²) in [6.07, 6.45) is 2.46. The normalized spacial score (nSPS) is 24.7. The largest absolute Gasteiger partial charge is 0.356 e. The molecule has 7 heteroatoms. The quantitative estimate of drug-likeness (QED) is 0.890. The van der Waals surface area contributed by atoms with Gasteiger partial charge >= 0.3 is 0 Å². The van der Waals surface area contributed by atoms with Crippen molar-refractivity contribution in [3.8, 4) is 11.4 Å². The lowest BCUT2D eigenvalue weighted by Gasteiger charge is -2.49. The topological polar surface area (TPSA) is 74.5 Å². The second-order valence-corrected chi connectivity index (χ2v) is 7.83. The highest BCUT2D eigenvalue weighted by atomic mass is 16.5. The molecule has 3 heterocycles. The van der Waals surface area contributed by atoms with Gasteiger partial charge in [0.05, 0.1) is 6.54 Å². The van der Waals surface area contributed by atoms with E-state index >= 15 is 0 Å². The average Bonchev–Trinajstić information content (AvgIpc) is 3.04. The first kappa shape index (κ1) is 18.1. The number of benzene rings is 1. The fourth-order valence-electron chi connectivity index (χ4n) is 4.14. The highest BCUT2D eigenvalue weighted by Gasteiger charge is 2.41. The summed E-state index contributed by atoms with van der Waals surface area (Å²) >= 11 is 0. The number of nitrogens with zero attached hydrogens (tertiary/aromatic N) is 4. The Labute approximate surface area is 159 Å². The predicted molar refractivity (Wildman–Crippen MR) is 102 cm³/mol. The van der Waals surface area contributed by atoms with Crippen molar-refractivity contribution in [2.75, 3.05) is 33.2 Å². The zero-order valence-electron chi connectivity index (χ0n) is 16.1. The molecule has 1 atom stereocenters. The lowest BCUT2D eigenvalue weighted by Crippen LogP contribution is -2.60. The number of aromatic nitrogens is 2. The van der Waals surface area contributed by atoms with Crippen molar-refractivity contribution in [3.05, 3.63) is 35.7 Å². The minimum Gasteiger partial charge on any atom is -0.356 e. The van der Waals surface area contributed by atoms with Crippen LogP contribution in [-0.2, 0) is 11.3 Å². The fourth-order valence-corrected chi connectivity index (χ4v) is 4.14. The Morgan fingerprint density at radius 2 is 2.04 bits per heavy atom. The van der Waals surface area contributed by atoms with Crippen molar-refractivity contribution in [2.24, 2.45) is 0 Å². The van der Waals surface area contributed by atoms with Gasteiger partial charge in [-0.2, -0.15) is 4.98 Å². The highest BCUT2D eigenvalue weighted by Crippen LogP contribution is 2.31. The summed E-state index contributed by atoms with van der Waals surface area (Å²) in [5.41, 5.74) is 2.22. The number of amides is 1. The molecule has 1 aromatic heterocycles. The molecule has 4 rings (SSSR count). The lowest BCUT2D eigenvalue weighted by atomic mass is 9.86. The van der Waals surface area contributed by atoms with Crippen LogP contribution in [0.4, 0.5) is 0 Å². The van der Waals surface area contributed by atoms with Crippen LogP contribution in [0.3, 0.4) is 0 Å². The van der Waals surface area contributed by atoms with Gasteiger partial charge in [-0.3, -0.25) is 14.6 Å². The van der Waals surface area contributed by atoms with Crippen molar-refractivity contribution in [1.82, 2.24) is 25.3 Å². The zero-order chi connectivity index (χ0) is 18.9. The number of hydrogen-bond donors (Lipinski definition) is 1. The number of nitrogens with one attached hydrogen (secondary N) is 1. The van der Waals surface area contributed by atoms with Gasteiger partial charge in [0.2, 0.25) is 17.6 Å². The number of carbonyl (C=O) groups excluding carboxylic acids is 1. The first-order valence-electron chi connectivity index (χ1n) is 9.64. The molecule has 2 fully saturated rings. The van der Waals surface area contributed by atoms with Gasteiger partial charge in [0.25, 0.3) is 0 Å². The first-order valence-corrected chi connectivity index (χ1v) is 9.64. The molecular formula is C20H27N5O2. The Hall–Kier alpha value is -2.25.